The molecule has 0 aliphatic heterocycles. The Labute approximate surface area is 409 Å². The van der Waals surface area contributed by atoms with E-state index in [1.54, 1.807) is 0 Å². The Hall–Kier alpha value is -2.89. The van der Waals surface area contributed by atoms with Gasteiger partial charge in [0.15, 0.2) is 6.10 Å². The van der Waals surface area contributed by atoms with Crippen molar-refractivity contribution < 1.29 is 28.6 Å². The number of hydrogen-bond acceptors (Lipinski definition) is 6. The molecule has 0 fully saturated rings. The molecule has 1 atom stereocenters. The fourth-order valence-electron chi connectivity index (χ4n) is 8.08. The Bertz CT molecular complexity index is 1200. The maximum atomic E-state index is 12.8. The zero-order valence-corrected chi connectivity index (χ0v) is 43.7. The Morgan fingerprint density at radius 1 is 0.318 bits per heavy atom. The molecule has 6 heteroatoms. The fourth-order valence-corrected chi connectivity index (χ4v) is 8.08. The summed E-state index contributed by atoms with van der Waals surface area (Å²) in [5.41, 5.74) is 0. The van der Waals surface area contributed by atoms with Crippen LogP contribution in [-0.2, 0) is 28.6 Å². The number of rotatable bonds is 51. The summed E-state index contributed by atoms with van der Waals surface area (Å²) in [4.78, 5) is 38.1. The van der Waals surface area contributed by atoms with Crippen molar-refractivity contribution in [3.05, 3.63) is 60.8 Å². The third-order valence-electron chi connectivity index (χ3n) is 12.3. The molecule has 0 amide bonds. The third-order valence-corrected chi connectivity index (χ3v) is 12.3. The van der Waals surface area contributed by atoms with Gasteiger partial charge in [0.05, 0.1) is 0 Å². The number of ether oxygens (including phenoxy) is 3. The largest absolute Gasteiger partial charge is 0.462 e. The number of carbonyl (C=O) groups excluding carboxylic acids is 3. The van der Waals surface area contributed by atoms with Crippen molar-refractivity contribution in [1.29, 1.82) is 0 Å². The van der Waals surface area contributed by atoms with Crippen LogP contribution >= 0.6 is 0 Å². The summed E-state index contributed by atoms with van der Waals surface area (Å²) >= 11 is 0. The van der Waals surface area contributed by atoms with Crippen LogP contribution in [-0.4, -0.2) is 37.2 Å². The van der Waals surface area contributed by atoms with Crippen molar-refractivity contribution in [2.45, 2.75) is 290 Å². The van der Waals surface area contributed by atoms with E-state index in [0.29, 0.717) is 19.3 Å². The minimum atomic E-state index is -0.777. The predicted octanol–water partition coefficient (Wildman–Crippen LogP) is 18.8. The van der Waals surface area contributed by atoms with Gasteiger partial charge in [-0.25, -0.2) is 0 Å². The molecule has 1 unspecified atom stereocenters. The Kier molecular flexibility index (Phi) is 52.3. The topological polar surface area (TPSA) is 78.9 Å². The molecule has 66 heavy (non-hydrogen) atoms. The van der Waals surface area contributed by atoms with E-state index in [1.165, 1.54) is 148 Å². The van der Waals surface area contributed by atoms with Gasteiger partial charge >= 0.3 is 17.9 Å². The molecule has 0 aliphatic carbocycles. The van der Waals surface area contributed by atoms with E-state index in [-0.39, 0.29) is 31.1 Å². The van der Waals surface area contributed by atoms with Crippen LogP contribution in [0.2, 0.25) is 0 Å². The average molecular weight is 924 g/mol. The van der Waals surface area contributed by atoms with E-state index in [0.717, 1.165) is 96.3 Å². The average Bonchev–Trinajstić information content (AvgIpc) is 3.31. The van der Waals surface area contributed by atoms with Gasteiger partial charge in [0, 0.05) is 19.3 Å². The van der Waals surface area contributed by atoms with Crippen molar-refractivity contribution in [2.75, 3.05) is 13.2 Å². The van der Waals surface area contributed by atoms with Crippen LogP contribution in [0.25, 0.3) is 0 Å². The van der Waals surface area contributed by atoms with E-state index < -0.39 is 6.10 Å². The first-order chi connectivity index (χ1) is 32.5. The van der Waals surface area contributed by atoms with Crippen LogP contribution in [0.4, 0.5) is 0 Å². The highest BCUT2D eigenvalue weighted by atomic mass is 16.6. The summed E-state index contributed by atoms with van der Waals surface area (Å²) in [6.45, 7) is 6.44. The Morgan fingerprint density at radius 3 is 0.924 bits per heavy atom. The summed E-state index contributed by atoms with van der Waals surface area (Å²) in [6.07, 6.45) is 67.8. The second kappa shape index (κ2) is 54.7. The van der Waals surface area contributed by atoms with Crippen LogP contribution in [0, 0.1) is 0 Å². The van der Waals surface area contributed by atoms with Gasteiger partial charge in [-0.2, -0.15) is 0 Å². The summed E-state index contributed by atoms with van der Waals surface area (Å²) in [5.74, 6) is -0.878. The van der Waals surface area contributed by atoms with E-state index >= 15 is 0 Å². The minimum absolute atomic E-state index is 0.0772. The van der Waals surface area contributed by atoms with Gasteiger partial charge in [-0.1, -0.05) is 248 Å². The third kappa shape index (κ3) is 52.1. The number of hydrogen-bond donors (Lipinski definition) is 0. The molecule has 0 saturated carbocycles. The van der Waals surface area contributed by atoms with Crippen molar-refractivity contribution in [1.82, 2.24) is 0 Å². The van der Waals surface area contributed by atoms with Gasteiger partial charge in [0.1, 0.15) is 13.2 Å². The lowest BCUT2D eigenvalue weighted by Crippen LogP contribution is -2.30. The standard InChI is InChI=1S/C60H106O6/c1-4-7-10-13-16-19-22-25-28-29-30-31-33-35-38-41-44-47-50-53-59(62)65-56-57(55-64-58(61)52-49-46-43-40-37-34-27-24-21-18-15-12-9-6-3)66-60(63)54-51-48-45-42-39-36-32-26-23-20-17-14-11-8-5-2/h7,9-10,12,16,18-19,21,25,28,57H,4-6,8,11,13-15,17,20,22-24,26-27,29-56H2,1-3H3/b10-7-,12-9-,19-16-,21-18-,28-25-. The lowest BCUT2D eigenvalue weighted by Gasteiger charge is -2.18. The summed E-state index contributed by atoms with van der Waals surface area (Å²) < 4.78 is 16.9. The number of allylic oxidation sites excluding steroid dienone is 10. The molecule has 0 aliphatic rings. The van der Waals surface area contributed by atoms with E-state index in [9.17, 15) is 14.4 Å². The number of esters is 3. The predicted molar refractivity (Wildman–Crippen MR) is 284 cm³/mol. The normalized spacial score (nSPS) is 12.5. The fraction of sp³-hybridized carbons (Fsp3) is 0.783. The molecule has 0 radical (unpaired) electrons. The molecule has 0 bridgehead atoms. The quantitative estimate of drug-likeness (QED) is 0.0262. The Balaban J connectivity index is 4.35. The summed E-state index contributed by atoms with van der Waals surface area (Å²) in [6, 6.07) is 0. The van der Waals surface area contributed by atoms with Crippen molar-refractivity contribution >= 4 is 17.9 Å². The van der Waals surface area contributed by atoms with Crippen molar-refractivity contribution in [3.8, 4) is 0 Å². The number of unbranched alkanes of at least 4 members (excludes halogenated alkanes) is 30. The number of carbonyl (C=O) groups is 3. The van der Waals surface area contributed by atoms with Gasteiger partial charge in [0.25, 0.3) is 0 Å². The summed E-state index contributed by atoms with van der Waals surface area (Å²) in [7, 11) is 0. The lowest BCUT2D eigenvalue weighted by molar-refractivity contribution is -0.167. The molecule has 0 rings (SSSR count). The van der Waals surface area contributed by atoms with E-state index in [4.69, 9.17) is 14.2 Å². The lowest BCUT2D eigenvalue weighted by atomic mass is 10.0. The van der Waals surface area contributed by atoms with Crippen LogP contribution < -0.4 is 0 Å². The molecule has 6 nitrogen and oxygen atoms in total. The maximum absolute atomic E-state index is 12.8. The highest BCUT2D eigenvalue weighted by molar-refractivity contribution is 5.71. The van der Waals surface area contributed by atoms with Gasteiger partial charge in [0.2, 0.25) is 0 Å². The van der Waals surface area contributed by atoms with Gasteiger partial charge in [-0.3, -0.25) is 14.4 Å². The zero-order chi connectivity index (χ0) is 47.9. The molecule has 0 heterocycles. The van der Waals surface area contributed by atoms with Gasteiger partial charge < -0.3 is 14.2 Å². The highest BCUT2D eigenvalue weighted by Gasteiger charge is 2.19. The van der Waals surface area contributed by atoms with E-state index in [2.05, 4.69) is 81.5 Å². The Morgan fingerprint density at radius 2 is 0.591 bits per heavy atom. The monoisotopic (exact) mass is 923 g/mol. The van der Waals surface area contributed by atoms with Crippen molar-refractivity contribution in [2.24, 2.45) is 0 Å². The molecule has 0 N–H and O–H groups in total. The molecule has 0 aromatic heterocycles. The molecule has 0 aromatic rings. The van der Waals surface area contributed by atoms with Crippen LogP contribution in [0.3, 0.4) is 0 Å². The first-order valence-electron chi connectivity index (χ1n) is 28.3. The SMILES string of the molecule is CC/C=C\C/C=C\C/C=C\CCCCCCCCCCCC(=O)OCC(COC(=O)CCCCCCCCC/C=C\C/C=C\CC)OC(=O)CCCCCCCCCCCCCCCCC. The second-order valence-corrected chi connectivity index (χ2v) is 18.8. The van der Waals surface area contributed by atoms with Crippen molar-refractivity contribution in [3.63, 3.8) is 0 Å². The maximum Gasteiger partial charge on any atom is 0.306 e. The molecule has 0 spiro atoms. The van der Waals surface area contributed by atoms with Crippen LogP contribution in [0.1, 0.15) is 284 Å². The summed E-state index contributed by atoms with van der Waals surface area (Å²) in [5, 5.41) is 0. The van der Waals surface area contributed by atoms with Crippen LogP contribution in [0.5, 0.6) is 0 Å². The first-order valence-corrected chi connectivity index (χ1v) is 28.3. The van der Waals surface area contributed by atoms with Gasteiger partial charge in [-0.05, 0) is 77.0 Å². The van der Waals surface area contributed by atoms with E-state index in [1.807, 2.05) is 0 Å². The molecule has 382 valence electrons. The van der Waals surface area contributed by atoms with Crippen LogP contribution in [0.15, 0.2) is 60.8 Å². The highest BCUT2D eigenvalue weighted by Crippen LogP contribution is 2.16. The van der Waals surface area contributed by atoms with Gasteiger partial charge in [-0.15, -0.1) is 0 Å². The molecular weight excluding hydrogens is 817 g/mol. The smallest absolute Gasteiger partial charge is 0.306 e. The zero-order valence-electron chi connectivity index (χ0n) is 43.7. The molecular formula is C60H106O6. The second-order valence-electron chi connectivity index (χ2n) is 18.8. The molecule has 0 saturated heterocycles. The molecule has 0 aromatic carbocycles. The minimum Gasteiger partial charge on any atom is -0.462 e. The first kappa shape index (κ1) is 63.1.